The molecule has 1 aromatic rings. The molecule has 1 fully saturated rings. The van der Waals surface area contributed by atoms with Gasteiger partial charge in [-0.2, -0.15) is 0 Å². The van der Waals surface area contributed by atoms with Crippen molar-refractivity contribution in [1.82, 2.24) is 10.2 Å². The summed E-state index contributed by atoms with van der Waals surface area (Å²) in [6.45, 7) is 3.08. The van der Waals surface area contributed by atoms with E-state index >= 15 is 0 Å². The molecule has 1 aliphatic rings. The Balaban J connectivity index is 2.01. The van der Waals surface area contributed by atoms with Gasteiger partial charge in [0.25, 0.3) is 0 Å². The second-order valence-corrected chi connectivity index (χ2v) is 6.13. The van der Waals surface area contributed by atoms with Crippen LogP contribution in [0.1, 0.15) is 18.9 Å². The fourth-order valence-electron chi connectivity index (χ4n) is 2.40. The number of ether oxygens (including phenoxy) is 1. The molecule has 5 nitrogen and oxygen atoms in total. The lowest BCUT2D eigenvalue weighted by molar-refractivity contribution is 0.111. The minimum atomic E-state index is -0.220. The SMILES string of the molecule is C[C@H]1OCC[C@H]1NC(=O)N(CCO)Cc1ccc(Cl)c(Cl)c1. The fraction of sp³-hybridized carbons (Fsp3) is 0.533. The molecule has 1 saturated heterocycles. The van der Waals surface area contributed by atoms with Crippen molar-refractivity contribution < 1.29 is 14.6 Å². The van der Waals surface area contributed by atoms with E-state index in [1.54, 1.807) is 17.0 Å². The summed E-state index contributed by atoms with van der Waals surface area (Å²) in [6.07, 6.45) is 0.803. The van der Waals surface area contributed by atoms with E-state index < -0.39 is 0 Å². The summed E-state index contributed by atoms with van der Waals surface area (Å²) in [7, 11) is 0. The van der Waals surface area contributed by atoms with Gasteiger partial charge in [0.15, 0.2) is 0 Å². The van der Waals surface area contributed by atoms with Crippen LogP contribution in [-0.2, 0) is 11.3 Å². The number of hydrogen-bond donors (Lipinski definition) is 2. The van der Waals surface area contributed by atoms with Crippen molar-refractivity contribution in [3.05, 3.63) is 33.8 Å². The van der Waals surface area contributed by atoms with E-state index in [9.17, 15) is 9.90 Å². The van der Waals surface area contributed by atoms with Crippen LogP contribution in [-0.4, -0.2) is 47.9 Å². The Labute approximate surface area is 140 Å². The average molecular weight is 347 g/mol. The summed E-state index contributed by atoms with van der Waals surface area (Å²) in [6, 6.07) is 5.02. The molecule has 122 valence electrons. The van der Waals surface area contributed by atoms with Crippen molar-refractivity contribution in [2.45, 2.75) is 32.0 Å². The van der Waals surface area contributed by atoms with E-state index in [2.05, 4.69) is 5.32 Å². The lowest BCUT2D eigenvalue weighted by Gasteiger charge is -2.25. The van der Waals surface area contributed by atoms with Crippen LogP contribution in [0.2, 0.25) is 10.0 Å². The molecule has 0 aromatic heterocycles. The molecule has 1 aromatic carbocycles. The second kappa shape index (κ2) is 8.02. The molecule has 1 aliphatic heterocycles. The first-order chi connectivity index (χ1) is 10.5. The summed E-state index contributed by atoms with van der Waals surface area (Å²) < 4.78 is 5.44. The molecule has 0 radical (unpaired) electrons. The van der Waals surface area contributed by atoms with Crippen molar-refractivity contribution >= 4 is 29.2 Å². The molecule has 0 aliphatic carbocycles. The summed E-state index contributed by atoms with van der Waals surface area (Å²) in [5.41, 5.74) is 0.855. The van der Waals surface area contributed by atoms with Gasteiger partial charge in [-0.1, -0.05) is 29.3 Å². The molecule has 2 atom stereocenters. The highest BCUT2D eigenvalue weighted by Gasteiger charge is 2.27. The van der Waals surface area contributed by atoms with Crippen LogP contribution in [0.25, 0.3) is 0 Å². The van der Waals surface area contributed by atoms with Gasteiger partial charge in [0.2, 0.25) is 0 Å². The van der Waals surface area contributed by atoms with Crippen molar-refractivity contribution in [2.75, 3.05) is 19.8 Å². The maximum Gasteiger partial charge on any atom is 0.318 e. The van der Waals surface area contributed by atoms with Crippen molar-refractivity contribution in [2.24, 2.45) is 0 Å². The van der Waals surface area contributed by atoms with E-state index in [0.29, 0.717) is 23.2 Å². The number of nitrogens with one attached hydrogen (secondary N) is 1. The van der Waals surface area contributed by atoms with E-state index in [1.165, 1.54) is 0 Å². The standard InChI is InChI=1S/C15H20Cl2N2O3/c1-10-14(4-7-22-10)18-15(21)19(5-6-20)9-11-2-3-12(16)13(17)8-11/h2-3,8,10,14,20H,4-7,9H2,1H3,(H,18,21)/t10-,14-/m1/s1. The third kappa shape index (κ3) is 4.49. The van der Waals surface area contributed by atoms with Gasteiger partial charge in [-0.25, -0.2) is 4.79 Å². The monoisotopic (exact) mass is 346 g/mol. The van der Waals surface area contributed by atoms with Crippen LogP contribution in [0.15, 0.2) is 18.2 Å². The van der Waals surface area contributed by atoms with E-state index in [-0.39, 0.29) is 31.3 Å². The molecule has 2 amide bonds. The third-order valence-electron chi connectivity index (χ3n) is 3.70. The fourth-order valence-corrected chi connectivity index (χ4v) is 2.72. The van der Waals surface area contributed by atoms with Crippen LogP contribution in [0, 0.1) is 0 Å². The third-order valence-corrected chi connectivity index (χ3v) is 4.44. The molecule has 7 heteroatoms. The molecule has 0 unspecified atom stereocenters. The number of rotatable bonds is 5. The summed E-state index contributed by atoms with van der Waals surface area (Å²) in [4.78, 5) is 13.9. The number of nitrogens with zero attached hydrogens (tertiary/aromatic N) is 1. The molecule has 0 spiro atoms. The number of amides is 2. The normalized spacial score (nSPS) is 20.9. The number of urea groups is 1. The lowest BCUT2D eigenvalue weighted by atomic mass is 10.1. The van der Waals surface area contributed by atoms with Crippen LogP contribution >= 0.6 is 23.2 Å². The molecule has 2 rings (SSSR count). The van der Waals surface area contributed by atoms with Crippen molar-refractivity contribution in [1.29, 1.82) is 0 Å². The lowest BCUT2D eigenvalue weighted by Crippen LogP contribution is -2.47. The van der Waals surface area contributed by atoms with Gasteiger partial charge >= 0.3 is 6.03 Å². The molecule has 0 bridgehead atoms. The molecule has 22 heavy (non-hydrogen) atoms. The highest BCUT2D eigenvalue weighted by molar-refractivity contribution is 6.42. The average Bonchev–Trinajstić information content (AvgIpc) is 2.87. The van der Waals surface area contributed by atoms with Crippen molar-refractivity contribution in [3.8, 4) is 0 Å². The number of carbonyl (C=O) groups is 1. The molecule has 1 heterocycles. The first-order valence-corrected chi connectivity index (χ1v) is 7.98. The van der Waals surface area contributed by atoms with Gasteiger partial charge in [-0.15, -0.1) is 0 Å². The Morgan fingerprint density at radius 2 is 2.23 bits per heavy atom. The van der Waals surface area contributed by atoms with Gasteiger partial charge < -0.3 is 20.1 Å². The Morgan fingerprint density at radius 3 is 2.82 bits per heavy atom. The Bertz CT molecular complexity index is 528. The minimum Gasteiger partial charge on any atom is -0.395 e. The number of benzene rings is 1. The number of halogens is 2. The zero-order valence-corrected chi connectivity index (χ0v) is 13.9. The first kappa shape index (κ1) is 17.3. The summed E-state index contributed by atoms with van der Waals surface area (Å²) in [5, 5.41) is 13.1. The number of aliphatic hydroxyl groups is 1. The maximum atomic E-state index is 12.4. The Kier molecular flexibility index (Phi) is 6.32. The predicted molar refractivity (Wildman–Crippen MR) is 86.3 cm³/mol. The van der Waals surface area contributed by atoms with Gasteiger partial charge in [0.1, 0.15) is 0 Å². The topological polar surface area (TPSA) is 61.8 Å². The zero-order valence-electron chi connectivity index (χ0n) is 12.4. The first-order valence-electron chi connectivity index (χ1n) is 7.23. The highest BCUT2D eigenvalue weighted by Crippen LogP contribution is 2.23. The van der Waals surface area contributed by atoms with Crippen LogP contribution < -0.4 is 5.32 Å². The molecular weight excluding hydrogens is 327 g/mol. The van der Waals surface area contributed by atoms with Crippen LogP contribution in [0.4, 0.5) is 4.79 Å². The second-order valence-electron chi connectivity index (χ2n) is 5.31. The molecule has 0 saturated carbocycles. The number of aliphatic hydroxyl groups excluding tert-OH is 1. The van der Waals surface area contributed by atoms with Gasteiger partial charge in [0.05, 0.1) is 28.8 Å². The molecule has 2 N–H and O–H groups in total. The van der Waals surface area contributed by atoms with Gasteiger partial charge in [-0.05, 0) is 31.0 Å². The van der Waals surface area contributed by atoms with Gasteiger partial charge in [-0.3, -0.25) is 0 Å². The van der Waals surface area contributed by atoms with Crippen LogP contribution in [0.3, 0.4) is 0 Å². The molecular formula is C15H20Cl2N2O3. The maximum absolute atomic E-state index is 12.4. The summed E-state index contributed by atoms with van der Waals surface area (Å²) in [5.74, 6) is 0. The Hall–Kier alpha value is -1.01. The van der Waals surface area contributed by atoms with E-state index in [0.717, 1.165) is 12.0 Å². The Morgan fingerprint density at radius 1 is 1.45 bits per heavy atom. The van der Waals surface area contributed by atoms with Crippen molar-refractivity contribution in [3.63, 3.8) is 0 Å². The number of hydrogen-bond acceptors (Lipinski definition) is 3. The predicted octanol–water partition coefficient (Wildman–Crippen LogP) is 2.67. The van der Waals surface area contributed by atoms with E-state index in [1.807, 2.05) is 13.0 Å². The quantitative estimate of drug-likeness (QED) is 0.861. The number of carbonyl (C=O) groups excluding carboxylic acids is 1. The van der Waals surface area contributed by atoms with Gasteiger partial charge in [0, 0.05) is 19.7 Å². The highest BCUT2D eigenvalue weighted by atomic mass is 35.5. The smallest absolute Gasteiger partial charge is 0.318 e. The largest absolute Gasteiger partial charge is 0.395 e. The summed E-state index contributed by atoms with van der Waals surface area (Å²) >= 11 is 11.9. The van der Waals surface area contributed by atoms with E-state index in [4.69, 9.17) is 27.9 Å². The zero-order chi connectivity index (χ0) is 16.1. The minimum absolute atomic E-state index is 0.00231. The van der Waals surface area contributed by atoms with Crippen LogP contribution in [0.5, 0.6) is 0 Å².